The molecule has 0 atom stereocenters. The van der Waals surface area contributed by atoms with Crippen LogP contribution >= 0.6 is 0 Å². The first-order chi connectivity index (χ1) is 10.7. The second kappa shape index (κ2) is 8.02. The van der Waals surface area contributed by atoms with Crippen LogP contribution in [0.1, 0.15) is 5.56 Å². The minimum Gasteiger partial charge on any atom is -0.497 e. The van der Waals surface area contributed by atoms with Crippen LogP contribution in [0.15, 0.2) is 48.5 Å². The molecule has 2 aromatic carbocycles. The molecule has 0 aromatic heterocycles. The Hall–Kier alpha value is -2.56. The zero-order valence-corrected chi connectivity index (χ0v) is 12.3. The van der Waals surface area contributed by atoms with E-state index in [4.69, 9.17) is 9.47 Å². The molecule has 5 heteroatoms. The lowest BCUT2D eigenvalue weighted by Crippen LogP contribution is -2.30. The third-order valence-corrected chi connectivity index (χ3v) is 3.09. The summed E-state index contributed by atoms with van der Waals surface area (Å²) in [7, 11) is 1.56. The normalized spacial score (nSPS) is 10.1. The summed E-state index contributed by atoms with van der Waals surface area (Å²) in [6, 6.07) is 13.5. The van der Waals surface area contributed by atoms with Crippen LogP contribution in [0.4, 0.5) is 4.39 Å². The van der Waals surface area contributed by atoms with Crippen LogP contribution in [-0.2, 0) is 11.2 Å². The van der Waals surface area contributed by atoms with Crippen molar-refractivity contribution in [2.24, 2.45) is 0 Å². The molecule has 1 N–H and O–H groups in total. The first-order valence-electron chi connectivity index (χ1n) is 6.96. The van der Waals surface area contributed by atoms with E-state index in [1.807, 2.05) is 0 Å². The van der Waals surface area contributed by atoms with Gasteiger partial charge < -0.3 is 14.8 Å². The molecule has 0 aliphatic rings. The van der Waals surface area contributed by atoms with Gasteiger partial charge in [-0.3, -0.25) is 4.79 Å². The van der Waals surface area contributed by atoms with E-state index >= 15 is 0 Å². The van der Waals surface area contributed by atoms with Crippen molar-refractivity contribution < 1.29 is 18.7 Å². The van der Waals surface area contributed by atoms with Gasteiger partial charge in [-0.2, -0.15) is 0 Å². The number of nitrogens with one attached hydrogen (secondary N) is 1. The van der Waals surface area contributed by atoms with Crippen molar-refractivity contribution in [1.29, 1.82) is 0 Å². The summed E-state index contributed by atoms with van der Waals surface area (Å²) in [6.07, 6.45) is 0.442. The molecule has 0 saturated heterocycles. The Morgan fingerprint density at radius 2 is 1.91 bits per heavy atom. The van der Waals surface area contributed by atoms with Crippen molar-refractivity contribution in [3.8, 4) is 11.5 Å². The van der Waals surface area contributed by atoms with Gasteiger partial charge >= 0.3 is 0 Å². The van der Waals surface area contributed by atoms with Gasteiger partial charge in [-0.05, 0) is 30.2 Å². The van der Waals surface area contributed by atoms with Gasteiger partial charge in [0, 0.05) is 12.6 Å². The van der Waals surface area contributed by atoms with E-state index in [0.717, 1.165) is 0 Å². The second-order valence-corrected chi connectivity index (χ2v) is 4.66. The molecule has 0 aliphatic carbocycles. The molecule has 0 aliphatic heterocycles. The summed E-state index contributed by atoms with van der Waals surface area (Å²) in [5, 5.41) is 2.70. The molecule has 2 rings (SSSR count). The van der Waals surface area contributed by atoms with Crippen LogP contribution in [0, 0.1) is 5.82 Å². The third-order valence-electron chi connectivity index (χ3n) is 3.09. The number of rotatable bonds is 7. The van der Waals surface area contributed by atoms with Gasteiger partial charge in [0.1, 0.15) is 17.3 Å². The molecular formula is C17H18FNO3. The Labute approximate surface area is 128 Å². The average molecular weight is 303 g/mol. The van der Waals surface area contributed by atoms with E-state index in [0.29, 0.717) is 30.0 Å². The SMILES string of the molecule is COc1cccc(OCC(=O)NCCc2ccccc2F)c1. The smallest absolute Gasteiger partial charge is 0.257 e. The van der Waals surface area contributed by atoms with Crippen molar-refractivity contribution in [2.75, 3.05) is 20.3 Å². The molecule has 0 radical (unpaired) electrons. The maximum Gasteiger partial charge on any atom is 0.257 e. The molecule has 0 bridgehead atoms. The zero-order chi connectivity index (χ0) is 15.8. The van der Waals surface area contributed by atoms with E-state index in [1.165, 1.54) is 6.07 Å². The van der Waals surface area contributed by atoms with Gasteiger partial charge in [0.25, 0.3) is 5.91 Å². The highest BCUT2D eigenvalue weighted by molar-refractivity contribution is 5.77. The molecule has 22 heavy (non-hydrogen) atoms. The average Bonchev–Trinajstić information content (AvgIpc) is 2.55. The standard InChI is InChI=1S/C17H18FNO3/c1-21-14-6-4-7-15(11-14)22-12-17(20)19-10-9-13-5-2-3-8-16(13)18/h2-8,11H,9-10,12H2,1H3,(H,19,20). The van der Waals surface area contributed by atoms with Crippen LogP contribution in [0.3, 0.4) is 0 Å². The lowest BCUT2D eigenvalue weighted by molar-refractivity contribution is -0.123. The molecule has 1 amide bonds. The van der Waals surface area contributed by atoms with Crippen molar-refractivity contribution in [3.63, 3.8) is 0 Å². The van der Waals surface area contributed by atoms with Gasteiger partial charge in [-0.15, -0.1) is 0 Å². The highest BCUT2D eigenvalue weighted by atomic mass is 19.1. The van der Waals surface area contributed by atoms with Crippen LogP contribution < -0.4 is 14.8 Å². The number of methoxy groups -OCH3 is 1. The first-order valence-corrected chi connectivity index (χ1v) is 6.96. The number of carbonyl (C=O) groups is 1. The predicted octanol–water partition coefficient (Wildman–Crippen LogP) is 2.57. The monoisotopic (exact) mass is 303 g/mol. The van der Waals surface area contributed by atoms with Crippen LogP contribution in [0.2, 0.25) is 0 Å². The maximum absolute atomic E-state index is 13.4. The lowest BCUT2D eigenvalue weighted by atomic mass is 10.1. The van der Waals surface area contributed by atoms with E-state index in [-0.39, 0.29) is 18.3 Å². The number of amides is 1. The van der Waals surface area contributed by atoms with Crippen molar-refractivity contribution in [3.05, 3.63) is 59.9 Å². The van der Waals surface area contributed by atoms with Gasteiger partial charge in [0.2, 0.25) is 0 Å². The maximum atomic E-state index is 13.4. The Bertz CT molecular complexity index is 631. The highest BCUT2D eigenvalue weighted by Crippen LogP contribution is 2.18. The summed E-state index contributed by atoms with van der Waals surface area (Å²) >= 11 is 0. The van der Waals surface area contributed by atoms with E-state index in [1.54, 1.807) is 49.6 Å². The number of halogens is 1. The Balaban J connectivity index is 1.73. The molecule has 0 heterocycles. The fraction of sp³-hybridized carbons (Fsp3) is 0.235. The summed E-state index contributed by atoms with van der Waals surface area (Å²) in [4.78, 5) is 11.7. The van der Waals surface area contributed by atoms with Crippen molar-refractivity contribution in [2.45, 2.75) is 6.42 Å². The molecule has 0 fully saturated rings. The Morgan fingerprint density at radius 3 is 2.68 bits per heavy atom. The molecule has 2 aromatic rings. The summed E-state index contributed by atoms with van der Waals surface area (Å²) in [5.74, 6) is 0.713. The molecule has 0 saturated carbocycles. The Kier molecular flexibility index (Phi) is 5.77. The van der Waals surface area contributed by atoms with Gasteiger partial charge in [0.15, 0.2) is 6.61 Å². The van der Waals surface area contributed by atoms with E-state index in [2.05, 4.69) is 5.32 Å². The highest BCUT2D eigenvalue weighted by Gasteiger charge is 2.05. The summed E-state index contributed by atoms with van der Waals surface area (Å²) in [6.45, 7) is 0.270. The fourth-order valence-corrected chi connectivity index (χ4v) is 1.93. The third kappa shape index (κ3) is 4.77. The van der Waals surface area contributed by atoms with Gasteiger partial charge in [-0.1, -0.05) is 24.3 Å². The molecular weight excluding hydrogens is 285 g/mol. The molecule has 0 unspecified atom stereocenters. The second-order valence-electron chi connectivity index (χ2n) is 4.66. The number of hydrogen-bond donors (Lipinski definition) is 1. The Morgan fingerprint density at radius 1 is 1.14 bits per heavy atom. The van der Waals surface area contributed by atoms with E-state index < -0.39 is 0 Å². The summed E-state index contributed by atoms with van der Waals surface area (Å²) < 4.78 is 23.8. The lowest BCUT2D eigenvalue weighted by Gasteiger charge is -2.09. The van der Waals surface area contributed by atoms with Gasteiger partial charge in [-0.25, -0.2) is 4.39 Å². The van der Waals surface area contributed by atoms with Crippen LogP contribution in [0.5, 0.6) is 11.5 Å². The summed E-state index contributed by atoms with van der Waals surface area (Å²) in [5.41, 5.74) is 0.580. The molecule has 0 spiro atoms. The largest absolute Gasteiger partial charge is 0.497 e. The van der Waals surface area contributed by atoms with Crippen LogP contribution in [0.25, 0.3) is 0 Å². The first kappa shape index (κ1) is 15.8. The topological polar surface area (TPSA) is 47.6 Å². The zero-order valence-electron chi connectivity index (χ0n) is 12.3. The molecule has 4 nitrogen and oxygen atoms in total. The number of benzene rings is 2. The fourth-order valence-electron chi connectivity index (χ4n) is 1.93. The minimum atomic E-state index is -0.260. The van der Waals surface area contributed by atoms with Crippen molar-refractivity contribution in [1.82, 2.24) is 5.32 Å². The van der Waals surface area contributed by atoms with Gasteiger partial charge in [0.05, 0.1) is 7.11 Å². The van der Waals surface area contributed by atoms with Crippen molar-refractivity contribution >= 4 is 5.91 Å². The van der Waals surface area contributed by atoms with Crippen LogP contribution in [-0.4, -0.2) is 26.2 Å². The number of carbonyl (C=O) groups excluding carboxylic acids is 1. The molecule has 116 valence electrons. The van der Waals surface area contributed by atoms with E-state index in [9.17, 15) is 9.18 Å². The quantitative estimate of drug-likeness (QED) is 0.855. The number of ether oxygens (including phenoxy) is 2. The predicted molar refractivity (Wildman–Crippen MR) is 81.6 cm³/mol. The number of hydrogen-bond acceptors (Lipinski definition) is 3. The minimum absolute atomic E-state index is 0.0928.